The first-order chi connectivity index (χ1) is 7.86. The topological polar surface area (TPSA) is 24.9 Å². The molecular weight excluding hydrogens is 216 g/mol. The Labute approximate surface area is 100 Å². The largest absolute Gasteiger partial charge is 0.311 e. The van der Waals surface area contributed by atoms with Crippen molar-refractivity contribution >= 4 is 11.3 Å². The normalized spacial score (nSPS) is 12.6. The number of benzene rings is 1. The lowest BCUT2D eigenvalue weighted by Gasteiger charge is -2.12. The molecule has 0 saturated heterocycles. The Kier molecular flexibility index (Phi) is 4.08. The van der Waals surface area contributed by atoms with Gasteiger partial charge in [0.15, 0.2) is 0 Å². The van der Waals surface area contributed by atoms with Crippen molar-refractivity contribution in [1.82, 2.24) is 10.3 Å². The van der Waals surface area contributed by atoms with Gasteiger partial charge in [-0.1, -0.05) is 37.3 Å². The second-order valence-corrected chi connectivity index (χ2v) is 4.88. The van der Waals surface area contributed by atoms with Crippen molar-refractivity contribution in [2.45, 2.75) is 19.4 Å². The van der Waals surface area contributed by atoms with E-state index < -0.39 is 0 Å². The molecule has 0 aliphatic carbocycles. The molecule has 1 unspecified atom stereocenters. The first-order valence-electron chi connectivity index (χ1n) is 5.49. The molecule has 2 rings (SSSR count). The standard InChI is InChI=1S/C13H16N2S/c1-11(12-5-3-2-4-6-12)7-14-8-13-9-15-10-16-13/h2-6,9-11,14H,7-8H2,1H3. The average molecular weight is 232 g/mol. The molecule has 0 fully saturated rings. The minimum atomic E-state index is 0.550. The molecule has 1 atom stereocenters. The molecular formula is C13H16N2S. The highest BCUT2D eigenvalue weighted by molar-refractivity contribution is 7.09. The minimum Gasteiger partial charge on any atom is -0.311 e. The van der Waals surface area contributed by atoms with Gasteiger partial charge >= 0.3 is 0 Å². The molecule has 1 N–H and O–H groups in total. The van der Waals surface area contributed by atoms with E-state index in [0.29, 0.717) is 5.92 Å². The Bertz CT molecular complexity index is 397. The van der Waals surface area contributed by atoms with Crippen molar-refractivity contribution < 1.29 is 0 Å². The Morgan fingerprint density at radius 2 is 2.12 bits per heavy atom. The molecule has 0 amide bonds. The summed E-state index contributed by atoms with van der Waals surface area (Å²) in [5.41, 5.74) is 3.26. The molecule has 1 aromatic heterocycles. The van der Waals surface area contributed by atoms with Crippen molar-refractivity contribution in [2.24, 2.45) is 0 Å². The van der Waals surface area contributed by atoms with Gasteiger partial charge in [-0.3, -0.25) is 4.98 Å². The molecule has 2 nitrogen and oxygen atoms in total. The highest BCUT2D eigenvalue weighted by Crippen LogP contribution is 2.13. The zero-order valence-corrected chi connectivity index (χ0v) is 10.2. The molecule has 84 valence electrons. The van der Waals surface area contributed by atoms with Gasteiger partial charge in [-0.05, 0) is 11.5 Å². The van der Waals surface area contributed by atoms with Gasteiger partial charge in [-0.25, -0.2) is 0 Å². The summed E-state index contributed by atoms with van der Waals surface area (Å²) in [6, 6.07) is 10.6. The summed E-state index contributed by atoms with van der Waals surface area (Å²) in [5.74, 6) is 0.550. The van der Waals surface area contributed by atoms with Crippen LogP contribution in [0.3, 0.4) is 0 Å². The number of hydrogen-bond donors (Lipinski definition) is 1. The van der Waals surface area contributed by atoms with Crippen LogP contribution in [0.1, 0.15) is 23.3 Å². The smallest absolute Gasteiger partial charge is 0.0794 e. The number of hydrogen-bond acceptors (Lipinski definition) is 3. The van der Waals surface area contributed by atoms with Gasteiger partial charge in [-0.2, -0.15) is 0 Å². The van der Waals surface area contributed by atoms with Crippen LogP contribution in [0, 0.1) is 0 Å². The Balaban J connectivity index is 1.78. The lowest BCUT2D eigenvalue weighted by atomic mass is 10.0. The summed E-state index contributed by atoms with van der Waals surface area (Å²) in [5, 5.41) is 3.46. The van der Waals surface area contributed by atoms with Gasteiger partial charge in [0.05, 0.1) is 5.51 Å². The fourth-order valence-corrected chi connectivity index (χ4v) is 2.20. The molecule has 0 aliphatic heterocycles. The summed E-state index contributed by atoms with van der Waals surface area (Å²) in [4.78, 5) is 5.35. The third-order valence-electron chi connectivity index (χ3n) is 2.60. The minimum absolute atomic E-state index is 0.550. The van der Waals surface area contributed by atoms with E-state index in [1.54, 1.807) is 11.3 Å². The van der Waals surface area contributed by atoms with Crippen molar-refractivity contribution in [3.63, 3.8) is 0 Å². The van der Waals surface area contributed by atoms with Crippen LogP contribution in [0.2, 0.25) is 0 Å². The first kappa shape index (κ1) is 11.3. The molecule has 16 heavy (non-hydrogen) atoms. The zero-order chi connectivity index (χ0) is 11.2. The molecule has 0 bridgehead atoms. The SMILES string of the molecule is CC(CNCc1cncs1)c1ccccc1. The van der Waals surface area contributed by atoms with Crippen LogP contribution in [0.5, 0.6) is 0 Å². The summed E-state index contributed by atoms with van der Waals surface area (Å²) >= 11 is 1.70. The summed E-state index contributed by atoms with van der Waals surface area (Å²) in [6.07, 6.45) is 1.92. The van der Waals surface area contributed by atoms with E-state index in [-0.39, 0.29) is 0 Å². The van der Waals surface area contributed by atoms with E-state index in [1.807, 2.05) is 11.7 Å². The Hall–Kier alpha value is -1.19. The zero-order valence-electron chi connectivity index (χ0n) is 9.39. The van der Waals surface area contributed by atoms with Gasteiger partial charge in [-0.15, -0.1) is 11.3 Å². The monoisotopic (exact) mass is 232 g/mol. The van der Waals surface area contributed by atoms with E-state index >= 15 is 0 Å². The maximum Gasteiger partial charge on any atom is 0.0794 e. The molecule has 1 heterocycles. The molecule has 0 radical (unpaired) electrons. The molecule has 2 aromatic rings. The number of aromatic nitrogens is 1. The predicted octanol–water partition coefficient (Wildman–Crippen LogP) is 3.04. The van der Waals surface area contributed by atoms with Gasteiger partial charge in [0.2, 0.25) is 0 Å². The number of thiazole rings is 1. The fraction of sp³-hybridized carbons (Fsp3) is 0.308. The van der Waals surface area contributed by atoms with Gasteiger partial charge < -0.3 is 5.32 Å². The second-order valence-electron chi connectivity index (χ2n) is 3.91. The van der Waals surface area contributed by atoms with Crippen molar-refractivity contribution in [3.05, 3.63) is 52.5 Å². The lowest BCUT2D eigenvalue weighted by Crippen LogP contribution is -2.19. The lowest BCUT2D eigenvalue weighted by molar-refractivity contribution is 0.618. The fourth-order valence-electron chi connectivity index (χ4n) is 1.64. The van der Waals surface area contributed by atoms with E-state index in [9.17, 15) is 0 Å². The Morgan fingerprint density at radius 1 is 1.31 bits per heavy atom. The van der Waals surface area contributed by atoms with Gasteiger partial charge in [0.25, 0.3) is 0 Å². The molecule has 1 aromatic carbocycles. The van der Waals surface area contributed by atoms with Crippen LogP contribution in [0.4, 0.5) is 0 Å². The third-order valence-corrected chi connectivity index (χ3v) is 3.38. The van der Waals surface area contributed by atoms with Crippen molar-refractivity contribution in [2.75, 3.05) is 6.54 Å². The van der Waals surface area contributed by atoms with Crippen LogP contribution < -0.4 is 5.32 Å². The molecule has 0 saturated carbocycles. The van der Waals surface area contributed by atoms with Crippen LogP contribution in [0.25, 0.3) is 0 Å². The number of rotatable bonds is 5. The van der Waals surface area contributed by atoms with Crippen LogP contribution in [-0.4, -0.2) is 11.5 Å². The maximum atomic E-state index is 4.06. The third kappa shape index (κ3) is 3.15. The predicted molar refractivity (Wildman–Crippen MR) is 68.7 cm³/mol. The van der Waals surface area contributed by atoms with E-state index in [2.05, 4.69) is 47.6 Å². The molecule has 0 spiro atoms. The van der Waals surface area contributed by atoms with E-state index in [1.165, 1.54) is 10.4 Å². The van der Waals surface area contributed by atoms with Gasteiger partial charge in [0.1, 0.15) is 0 Å². The summed E-state index contributed by atoms with van der Waals surface area (Å²) in [6.45, 7) is 4.17. The van der Waals surface area contributed by atoms with Crippen LogP contribution in [-0.2, 0) is 6.54 Å². The number of nitrogens with zero attached hydrogens (tertiary/aromatic N) is 1. The van der Waals surface area contributed by atoms with Crippen LogP contribution in [0.15, 0.2) is 42.0 Å². The highest BCUT2D eigenvalue weighted by Gasteiger charge is 2.04. The average Bonchev–Trinajstić information content (AvgIpc) is 2.83. The van der Waals surface area contributed by atoms with Crippen LogP contribution >= 0.6 is 11.3 Å². The maximum absolute atomic E-state index is 4.06. The van der Waals surface area contributed by atoms with Crippen molar-refractivity contribution in [1.29, 1.82) is 0 Å². The van der Waals surface area contributed by atoms with Crippen molar-refractivity contribution in [3.8, 4) is 0 Å². The molecule has 0 aliphatic rings. The molecule has 3 heteroatoms. The highest BCUT2D eigenvalue weighted by atomic mass is 32.1. The van der Waals surface area contributed by atoms with E-state index in [0.717, 1.165) is 13.1 Å². The van der Waals surface area contributed by atoms with Gasteiger partial charge in [0, 0.05) is 24.2 Å². The summed E-state index contributed by atoms with van der Waals surface area (Å²) in [7, 11) is 0. The Morgan fingerprint density at radius 3 is 2.81 bits per heavy atom. The first-order valence-corrected chi connectivity index (χ1v) is 6.37. The number of nitrogens with one attached hydrogen (secondary N) is 1. The van der Waals surface area contributed by atoms with E-state index in [4.69, 9.17) is 0 Å². The quantitative estimate of drug-likeness (QED) is 0.857. The second kappa shape index (κ2) is 5.77. The summed E-state index contributed by atoms with van der Waals surface area (Å²) < 4.78 is 0.